The Morgan fingerprint density at radius 1 is 1.61 bits per heavy atom. The third-order valence-corrected chi connectivity index (χ3v) is 4.94. The Hall–Kier alpha value is -1.05. The van der Waals surface area contributed by atoms with Gasteiger partial charge >= 0.3 is 5.69 Å². The molecule has 0 spiro atoms. The fourth-order valence-corrected chi connectivity index (χ4v) is 3.49. The molecule has 0 aliphatic carbocycles. The molecule has 1 fully saturated rings. The van der Waals surface area contributed by atoms with Crippen LogP contribution in [0.5, 0.6) is 0 Å². The summed E-state index contributed by atoms with van der Waals surface area (Å²) in [5.74, 6) is 0. The third kappa shape index (κ3) is 2.13. The summed E-state index contributed by atoms with van der Waals surface area (Å²) >= 11 is 1.34. The first-order valence-corrected chi connectivity index (χ1v) is 6.54. The van der Waals surface area contributed by atoms with Crippen LogP contribution in [0.1, 0.15) is 24.3 Å². The molecule has 0 aromatic carbocycles. The van der Waals surface area contributed by atoms with Gasteiger partial charge in [0.15, 0.2) is 0 Å². The van der Waals surface area contributed by atoms with E-state index in [2.05, 4.69) is 4.98 Å². The topological polar surface area (TPSA) is 95.3 Å². The fraction of sp³-hybridized carbons (Fsp3) is 0.636. The molecule has 3 atom stereocenters. The summed E-state index contributed by atoms with van der Waals surface area (Å²) in [5.41, 5.74) is -0.440. The number of nitrogens with zero attached hydrogens (tertiary/aromatic N) is 1. The minimum atomic E-state index is -0.684. The van der Waals surface area contributed by atoms with E-state index in [-0.39, 0.29) is 12.0 Å². The molecule has 1 aromatic rings. The van der Waals surface area contributed by atoms with Crippen LogP contribution in [0.25, 0.3) is 0 Å². The lowest BCUT2D eigenvalue weighted by atomic mass is 10.0. The van der Waals surface area contributed by atoms with Gasteiger partial charge in [0.2, 0.25) is 0 Å². The Morgan fingerprint density at radius 3 is 2.83 bits per heavy atom. The molecular formula is C11H16N2O4S. The van der Waals surface area contributed by atoms with Crippen LogP contribution >= 0.6 is 11.8 Å². The van der Waals surface area contributed by atoms with E-state index in [1.54, 1.807) is 13.8 Å². The summed E-state index contributed by atoms with van der Waals surface area (Å²) in [5, 5.41) is 19.0. The molecule has 6 nitrogen and oxygen atoms in total. The summed E-state index contributed by atoms with van der Waals surface area (Å²) in [6.45, 7) is 3.22. The molecule has 0 saturated carbocycles. The second-order valence-corrected chi connectivity index (χ2v) is 6.49. The quantitative estimate of drug-likeness (QED) is 0.680. The zero-order valence-electron chi connectivity index (χ0n) is 10.2. The van der Waals surface area contributed by atoms with E-state index in [9.17, 15) is 19.8 Å². The Bertz CT molecular complexity index is 567. The third-order valence-electron chi connectivity index (χ3n) is 3.31. The van der Waals surface area contributed by atoms with Crippen LogP contribution in [0.2, 0.25) is 0 Å². The average Bonchev–Trinajstić information content (AvgIpc) is 2.61. The molecule has 18 heavy (non-hydrogen) atoms. The van der Waals surface area contributed by atoms with Crippen LogP contribution in [0.4, 0.5) is 0 Å². The van der Waals surface area contributed by atoms with Crippen molar-refractivity contribution in [2.75, 3.05) is 6.61 Å². The van der Waals surface area contributed by atoms with Crippen molar-refractivity contribution in [1.29, 1.82) is 0 Å². The molecule has 1 aliphatic heterocycles. The standard InChI is InChI=1S/C11H16N2O4S/c1-6-4-13(10(17)12-9(6)16)8-3-7(15)11(2,5-14)18-8/h4,7-8,14-15H,3,5H2,1-2H3,(H,12,16,17)/t7-,8-,11-/m0/s1. The number of hydrogen-bond acceptors (Lipinski definition) is 5. The second kappa shape index (κ2) is 4.56. The molecule has 0 radical (unpaired) electrons. The maximum Gasteiger partial charge on any atom is 0.329 e. The summed E-state index contributed by atoms with van der Waals surface area (Å²) in [6, 6.07) is 0. The second-order valence-electron chi connectivity index (χ2n) is 4.77. The molecule has 1 aromatic heterocycles. The number of aryl methyl sites for hydroxylation is 1. The number of aliphatic hydroxyl groups excluding tert-OH is 2. The lowest BCUT2D eigenvalue weighted by Crippen LogP contribution is -2.34. The van der Waals surface area contributed by atoms with Crippen molar-refractivity contribution in [2.45, 2.75) is 36.5 Å². The number of aliphatic hydroxyl groups is 2. The number of H-pyrrole nitrogens is 1. The van der Waals surface area contributed by atoms with Gasteiger partial charge in [0.25, 0.3) is 5.56 Å². The van der Waals surface area contributed by atoms with Crippen molar-refractivity contribution in [3.8, 4) is 0 Å². The molecule has 1 saturated heterocycles. The summed E-state index contributed by atoms with van der Waals surface area (Å²) in [7, 11) is 0. The maximum absolute atomic E-state index is 11.7. The maximum atomic E-state index is 11.7. The number of aromatic nitrogens is 2. The molecule has 0 unspecified atom stereocenters. The van der Waals surface area contributed by atoms with Gasteiger partial charge in [-0.15, -0.1) is 11.8 Å². The monoisotopic (exact) mass is 272 g/mol. The van der Waals surface area contributed by atoms with E-state index < -0.39 is 22.1 Å². The van der Waals surface area contributed by atoms with Crippen LogP contribution in [0.15, 0.2) is 15.8 Å². The minimum absolute atomic E-state index is 0.160. The molecule has 1 aliphatic rings. The minimum Gasteiger partial charge on any atom is -0.395 e. The van der Waals surface area contributed by atoms with E-state index in [1.807, 2.05) is 0 Å². The van der Waals surface area contributed by atoms with Crippen LogP contribution in [-0.4, -0.2) is 37.2 Å². The zero-order chi connectivity index (χ0) is 13.5. The van der Waals surface area contributed by atoms with Gasteiger partial charge in [-0.3, -0.25) is 14.3 Å². The van der Waals surface area contributed by atoms with E-state index in [4.69, 9.17) is 0 Å². The Labute approximate surface area is 108 Å². The highest BCUT2D eigenvalue weighted by atomic mass is 32.2. The molecule has 100 valence electrons. The molecule has 2 rings (SSSR count). The van der Waals surface area contributed by atoms with Crippen LogP contribution in [-0.2, 0) is 0 Å². The smallest absolute Gasteiger partial charge is 0.329 e. The van der Waals surface area contributed by atoms with Gasteiger partial charge in [-0.05, 0) is 13.8 Å². The molecule has 3 N–H and O–H groups in total. The number of hydrogen-bond donors (Lipinski definition) is 3. The lowest BCUT2D eigenvalue weighted by Gasteiger charge is -2.24. The van der Waals surface area contributed by atoms with Crippen molar-refractivity contribution in [3.05, 3.63) is 32.6 Å². The van der Waals surface area contributed by atoms with E-state index in [0.717, 1.165) is 0 Å². The first kappa shape index (κ1) is 13.4. The molecule has 0 bridgehead atoms. The average molecular weight is 272 g/mol. The largest absolute Gasteiger partial charge is 0.395 e. The highest BCUT2D eigenvalue weighted by Gasteiger charge is 2.44. The lowest BCUT2D eigenvalue weighted by molar-refractivity contribution is 0.0980. The summed E-state index contributed by atoms with van der Waals surface area (Å²) in [4.78, 5) is 25.3. The van der Waals surface area contributed by atoms with E-state index in [0.29, 0.717) is 12.0 Å². The zero-order valence-corrected chi connectivity index (χ0v) is 11.0. The highest BCUT2D eigenvalue weighted by Crippen LogP contribution is 2.48. The van der Waals surface area contributed by atoms with Crippen LogP contribution in [0.3, 0.4) is 0 Å². The number of rotatable bonds is 2. The predicted molar refractivity (Wildman–Crippen MR) is 68.8 cm³/mol. The summed E-state index contributed by atoms with van der Waals surface area (Å²) in [6.07, 6.45) is 1.18. The van der Waals surface area contributed by atoms with Gasteiger partial charge in [0, 0.05) is 18.2 Å². The molecular weight excluding hydrogens is 256 g/mol. The Kier molecular flexibility index (Phi) is 3.39. The predicted octanol–water partition coefficient (Wildman–Crippen LogP) is -0.408. The fourth-order valence-electron chi connectivity index (χ4n) is 1.99. The molecule has 7 heteroatoms. The normalized spacial score (nSPS) is 31.8. The van der Waals surface area contributed by atoms with Crippen molar-refractivity contribution in [1.82, 2.24) is 9.55 Å². The van der Waals surface area contributed by atoms with Crippen molar-refractivity contribution >= 4 is 11.8 Å². The highest BCUT2D eigenvalue weighted by molar-refractivity contribution is 8.01. The SMILES string of the molecule is Cc1cn([C@@H]2C[C@H](O)[C@](C)(CO)S2)c(=O)[nH]c1=O. The Balaban J connectivity index is 2.38. The number of aromatic amines is 1. The van der Waals surface area contributed by atoms with Crippen LogP contribution in [0, 0.1) is 6.92 Å². The molecule has 0 amide bonds. The van der Waals surface area contributed by atoms with E-state index in [1.165, 1.54) is 22.5 Å². The Morgan fingerprint density at radius 2 is 2.28 bits per heavy atom. The van der Waals surface area contributed by atoms with Gasteiger partial charge in [-0.2, -0.15) is 0 Å². The van der Waals surface area contributed by atoms with Gasteiger partial charge in [-0.1, -0.05) is 0 Å². The van der Waals surface area contributed by atoms with Crippen molar-refractivity contribution < 1.29 is 10.2 Å². The summed E-state index contributed by atoms with van der Waals surface area (Å²) < 4.78 is 0.736. The van der Waals surface area contributed by atoms with Gasteiger partial charge in [-0.25, -0.2) is 4.79 Å². The van der Waals surface area contributed by atoms with Gasteiger partial charge in [0.1, 0.15) is 0 Å². The van der Waals surface area contributed by atoms with Gasteiger partial charge in [0.05, 0.1) is 22.8 Å². The number of thioether (sulfide) groups is 1. The first-order valence-electron chi connectivity index (χ1n) is 5.66. The van der Waals surface area contributed by atoms with Crippen molar-refractivity contribution in [2.24, 2.45) is 0 Å². The van der Waals surface area contributed by atoms with E-state index >= 15 is 0 Å². The van der Waals surface area contributed by atoms with Crippen molar-refractivity contribution in [3.63, 3.8) is 0 Å². The van der Waals surface area contributed by atoms with Crippen LogP contribution < -0.4 is 11.2 Å². The molecule has 2 heterocycles. The number of nitrogens with one attached hydrogen (secondary N) is 1. The first-order chi connectivity index (χ1) is 8.37. The van der Waals surface area contributed by atoms with Gasteiger partial charge < -0.3 is 10.2 Å².